The zero-order valence-corrected chi connectivity index (χ0v) is 26.4. The molecule has 0 amide bonds. The highest BCUT2D eigenvalue weighted by atomic mass is 32.5. The molecular formula is C34H24F10O2S2. The average Bonchev–Trinajstić information content (AvgIpc) is 3.01. The first-order valence-electron chi connectivity index (χ1n) is 13.9. The fraction of sp³-hybridized carbons (Fsp3) is 0.0588. The summed E-state index contributed by atoms with van der Waals surface area (Å²) in [5.74, 6) is 0.260. The van der Waals surface area contributed by atoms with Crippen molar-refractivity contribution < 1.29 is 48.3 Å². The van der Waals surface area contributed by atoms with Gasteiger partial charge < -0.3 is 9.47 Å². The Kier molecular flexibility index (Phi) is 6.62. The van der Waals surface area contributed by atoms with Gasteiger partial charge in [-0.2, -0.15) is 0 Å². The first-order valence-corrected chi connectivity index (χ1v) is 17.8. The molecular weight excluding hydrogens is 694 g/mol. The predicted molar refractivity (Wildman–Crippen MR) is 174 cm³/mol. The molecule has 0 aromatic heterocycles. The Morgan fingerprint density at radius 1 is 0.417 bits per heavy atom. The smallest absolute Gasteiger partial charge is 0.310 e. The molecule has 0 radical (unpaired) electrons. The lowest BCUT2D eigenvalue weighted by Gasteiger charge is -2.40. The van der Waals surface area contributed by atoms with Crippen LogP contribution in [0.3, 0.4) is 0 Å². The van der Waals surface area contributed by atoms with E-state index in [1.54, 1.807) is 60.7 Å². The second-order valence-electron chi connectivity index (χ2n) is 11.1. The first-order chi connectivity index (χ1) is 22.0. The third-order valence-electron chi connectivity index (χ3n) is 7.88. The maximum Gasteiger partial charge on any atom is 0.310 e. The van der Waals surface area contributed by atoms with Gasteiger partial charge in [-0.15, -0.1) is 0 Å². The standard InChI is InChI=1S/C34H24F10O2S2/c1-45-33-29(21-11-15-25(16-12-21)47(35,36,37,38)39)19-23-7-3-5-9-27(23)31(33)32-28-10-6-4-8-24(28)20-30(34(32)46-2)22-13-17-26(18-14-22)48(40,41,42,43)44/h3-20H,1-2H3. The van der Waals surface area contributed by atoms with Crippen molar-refractivity contribution in [2.75, 3.05) is 14.2 Å². The van der Waals surface area contributed by atoms with Crippen LogP contribution < -0.4 is 9.47 Å². The molecule has 0 saturated heterocycles. The molecule has 0 atom stereocenters. The molecule has 254 valence electrons. The number of methoxy groups -OCH3 is 2. The van der Waals surface area contributed by atoms with E-state index in [0.717, 1.165) is 24.3 Å². The molecule has 2 nitrogen and oxygen atoms in total. The molecule has 6 aromatic carbocycles. The van der Waals surface area contributed by atoms with Gasteiger partial charge in [0.05, 0.1) is 14.2 Å². The SMILES string of the molecule is COc1c(-c2ccc(S(F)(F)(F)(F)F)cc2)cc2ccccc2c1-c1c(OC)c(-c2ccc(S(F)(F)(F)(F)F)cc2)cc2ccccc12. The van der Waals surface area contributed by atoms with Crippen molar-refractivity contribution in [1.82, 2.24) is 0 Å². The second-order valence-corrected chi connectivity index (χ2v) is 15.9. The molecule has 48 heavy (non-hydrogen) atoms. The summed E-state index contributed by atoms with van der Waals surface area (Å²) in [6, 6.07) is 22.0. The van der Waals surface area contributed by atoms with Gasteiger partial charge in [-0.05, 0) is 69.1 Å². The van der Waals surface area contributed by atoms with Crippen molar-refractivity contribution in [2.45, 2.75) is 9.79 Å². The van der Waals surface area contributed by atoms with E-state index < -0.39 is 30.2 Å². The van der Waals surface area contributed by atoms with E-state index in [4.69, 9.17) is 9.47 Å². The Morgan fingerprint density at radius 3 is 1.02 bits per heavy atom. The molecule has 0 heterocycles. The van der Waals surface area contributed by atoms with Crippen LogP contribution in [0.2, 0.25) is 0 Å². The van der Waals surface area contributed by atoms with Gasteiger partial charge >= 0.3 is 20.4 Å². The monoisotopic (exact) mass is 718 g/mol. The number of halogens is 10. The van der Waals surface area contributed by atoms with Gasteiger partial charge in [-0.1, -0.05) is 112 Å². The number of ether oxygens (including phenoxy) is 2. The summed E-state index contributed by atoms with van der Waals surface area (Å²) in [6.07, 6.45) is 0. The van der Waals surface area contributed by atoms with Crippen LogP contribution in [0.25, 0.3) is 54.9 Å². The topological polar surface area (TPSA) is 18.5 Å². The number of hydrogen-bond acceptors (Lipinski definition) is 2. The minimum Gasteiger partial charge on any atom is -0.495 e. The number of fused-ring (bicyclic) bond motifs is 2. The second kappa shape index (κ2) is 9.53. The van der Waals surface area contributed by atoms with E-state index in [1.807, 2.05) is 0 Å². The van der Waals surface area contributed by atoms with E-state index in [9.17, 15) is 38.9 Å². The number of benzene rings is 6. The van der Waals surface area contributed by atoms with Crippen LogP contribution in [0, 0.1) is 0 Å². The molecule has 14 heteroatoms. The highest BCUT2D eigenvalue weighted by Crippen LogP contribution is 3.02. The number of rotatable bonds is 7. The molecule has 0 N–H and O–H groups in total. The van der Waals surface area contributed by atoms with Crippen LogP contribution in [0.5, 0.6) is 11.5 Å². The van der Waals surface area contributed by atoms with Crippen LogP contribution in [0.15, 0.2) is 119 Å². The fourth-order valence-electron chi connectivity index (χ4n) is 5.79. The molecule has 0 aliphatic rings. The normalized spacial score (nSPS) is 15.3. The summed E-state index contributed by atoms with van der Waals surface area (Å²) in [5.41, 5.74) is 1.49. The molecule has 0 fully saturated rings. The summed E-state index contributed by atoms with van der Waals surface area (Å²) in [4.78, 5) is -4.12. The van der Waals surface area contributed by atoms with Crippen LogP contribution in [-0.2, 0) is 0 Å². The minimum atomic E-state index is -9.96. The predicted octanol–water partition coefficient (Wildman–Crippen LogP) is 14.3. The van der Waals surface area contributed by atoms with Crippen molar-refractivity contribution >= 4 is 42.0 Å². The molecule has 0 unspecified atom stereocenters. The minimum absolute atomic E-state index is 0.121. The Labute approximate surface area is 268 Å². The number of hydrogen-bond donors (Lipinski definition) is 0. The average molecular weight is 719 g/mol. The third-order valence-corrected chi connectivity index (χ3v) is 10.2. The Morgan fingerprint density at radius 2 is 0.729 bits per heavy atom. The van der Waals surface area contributed by atoms with E-state index >= 15 is 0 Å². The van der Waals surface area contributed by atoms with Crippen molar-refractivity contribution in [2.24, 2.45) is 0 Å². The van der Waals surface area contributed by atoms with Gasteiger partial charge in [0.15, 0.2) is 0 Å². The van der Waals surface area contributed by atoms with Crippen molar-refractivity contribution in [3.8, 4) is 44.9 Å². The Bertz CT molecular complexity index is 2090. The van der Waals surface area contributed by atoms with Gasteiger partial charge in [0.2, 0.25) is 0 Å². The lowest BCUT2D eigenvalue weighted by molar-refractivity contribution is 0.360. The third kappa shape index (κ3) is 6.10. The van der Waals surface area contributed by atoms with Crippen LogP contribution in [0.1, 0.15) is 0 Å². The van der Waals surface area contributed by atoms with Gasteiger partial charge in [0.25, 0.3) is 0 Å². The van der Waals surface area contributed by atoms with Gasteiger partial charge in [-0.3, -0.25) is 0 Å². The molecule has 0 aliphatic heterocycles. The molecule has 6 rings (SSSR count). The maximum absolute atomic E-state index is 13.5. The van der Waals surface area contributed by atoms with E-state index in [1.165, 1.54) is 14.2 Å². The molecule has 0 saturated carbocycles. The van der Waals surface area contributed by atoms with Crippen molar-refractivity contribution in [1.29, 1.82) is 0 Å². The fourth-order valence-corrected chi connectivity index (χ4v) is 7.09. The molecule has 0 bridgehead atoms. The molecule has 6 aromatic rings. The maximum atomic E-state index is 13.5. The lowest BCUT2D eigenvalue weighted by Crippen LogP contribution is -2.05. The summed E-state index contributed by atoms with van der Waals surface area (Å²) < 4.78 is 147. The molecule has 0 spiro atoms. The zero-order chi connectivity index (χ0) is 35.0. The molecule has 0 aliphatic carbocycles. The summed E-state index contributed by atoms with van der Waals surface area (Å²) in [6.45, 7) is 0. The highest BCUT2D eigenvalue weighted by Gasteiger charge is 2.66. The Balaban J connectivity index is 1.69. The zero-order valence-electron chi connectivity index (χ0n) is 24.8. The van der Waals surface area contributed by atoms with Crippen LogP contribution in [-0.4, -0.2) is 14.2 Å². The van der Waals surface area contributed by atoms with Crippen molar-refractivity contribution in [3.05, 3.63) is 109 Å². The van der Waals surface area contributed by atoms with Crippen LogP contribution >= 0.6 is 20.4 Å². The Hall–Kier alpha value is -4.56. The highest BCUT2D eigenvalue weighted by molar-refractivity contribution is 8.46. The van der Waals surface area contributed by atoms with E-state index in [-0.39, 0.29) is 33.8 Å². The quantitative estimate of drug-likeness (QED) is 0.153. The van der Waals surface area contributed by atoms with Gasteiger partial charge in [0, 0.05) is 22.3 Å². The van der Waals surface area contributed by atoms with Gasteiger partial charge in [0.1, 0.15) is 21.3 Å². The summed E-state index contributed by atoms with van der Waals surface area (Å²) in [7, 11) is -17.3. The van der Waals surface area contributed by atoms with Gasteiger partial charge in [-0.25, -0.2) is 0 Å². The van der Waals surface area contributed by atoms with Crippen LogP contribution in [0.4, 0.5) is 38.9 Å². The van der Waals surface area contributed by atoms with Crippen molar-refractivity contribution in [3.63, 3.8) is 0 Å². The lowest BCUT2D eigenvalue weighted by atomic mass is 9.86. The first kappa shape index (κ1) is 33.3. The van der Waals surface area contributed by atoms with E-state index in [2.05, 4.69) is 0 Å². The summed E-state index contributed by atoms with van der Waals surface area (Å²) >= 11 is 0. The largest absolute Gasteiger partial charge is 0.495 e. The van der Waals surface area contributed by atoms with E-state index in [0.29, 0.717) is 56.9 Å². The summed E-state index contributed by atoms with van der Waals surface area (Å²) in [5, 5.41) is 2.32.